The van der Waals surface area contributed by atoms with E-state index >= 15 is 0 Å². The van der Waals surface area contributed by atoms with Gasteiger partial charge in [-0.3, -0.25) is 4.79 Å². The quantitative estimate of drug-likeness (QED) is 0.651. The molecule has 1 fully saturated rings. The molecule has 0 radical (unpaired) electrons. The lowest BCUT2D eigenvalue weighted by molar-refractivity contribution is 0.0746. The van der Waals surface area contributed by atoms with Gasteiger partial charge in [-0.1, -0.05) is 6.07 Å². The number of carbonyl (C=O) groups excluding carboxylic acids is 1. The number of piperazine rings is 1. The highest BCUT2D eigenvalue weighted by Crippen LogP contribution is 2.22. The van der Waals surface area contributed by atoms with Crippen LogP contribution in [0.25, 0.3) is 11.3 Å². The third-order valence-corrected chi connectivity index (χ3v) is 5.24. The maximum Gasteiger partial charge on any atom is 0.254 e. The lowest BCUT2D eigenvalue weighted by Crippen LogP contribution is -2.49. The summed E-state index contributed by atoms with van der Waals surface area (Å²) in [4.78, 5) is 16.8. The molecule has 0 aliphatic carbocycles. The molecule has 7 heteroatoms. The van der Waals surface area contributed by atoms with Crippen molar-refractivity contribution in [1.29, 1.82) is 0 Å². The molecule has 0 spiro atoms. The smallest absolute Gasteiger partial charge is 0.254 e. The molecule has 0 saturated carbocycles. The monoisotopic (exact) mass is 404 g/mol. The topological polar surface area (TPSA) is 67.8 Å². The fraction of sp³-hybridized carbons (Fsp3) is 0.261. The van der Waals surface area contributed by atoms with E-state index in [1.807, 2.05) is 59.5 Å². The van der Waals surface area contributed by atoms with E-state index in [9.17, 15) is 4.79 Å². The van der Waals surface area contributed by atoms with Gasteiger partial charge in [0.25, 0.3) is 5.91 Å². The molecule has 2 aromatic carbocycles. The van der Waals surface area contributed by atoms with Gasteiger partial charge in [-0.05, 0) is 54.6 Å². The molecular weight excluding hydrogens is 380 g/mol. The predicted octanol–water partition coefficient (Wildman–Crippen LogP) is 3.12. The van der Waals surface area contributed by atoms with Gasteiger partial charge >= 0.3 is 0 Å². The van der Waals surface area contributed by atoms with Crippen LogP contribution in [0.15, 0.2) is 60.7 Å². The number of ether oxygens (including phenoxy) is 2. The Balaban J connectivity index is 1.38. The zero-order valence-electron chi connectivity index (χ0n) is 17.1. The van der Waals surface area contributed by atoms with Crippen LogP contribution in [0.3, 0.4) is 0 Å². The van der Waals surface area contributed by atoms with Gasteiger partial charge in [0.1, 0.15) is 11.5 Å². The van der Waals surface area contributed by atoms with Crippen LogP contribution in [-0.4, -0.2) is 61.4 Å². The van der Waals surface area contributed by atoms with Gasteiger partial charge in [0, 0.05) is 37.3 Å². The molecule has 1 amide bonds. The van der Waals surface area contributed by atoms with Crippen LogP contribution in [0.5, 0.6) is 11.5 Å². The highest BCUT2D eigenvalue weighted by Gasteiger charge is 2.23. The number of carbonyl (C=O) groups is 1. The number of rotatable bonds is 5. The molecule has 154 valence electrons. The maximum absolute atomic E-state index is 12.8. The summed E-state index contributed by atoms with van der Waals surface area (Å²) in [6.45, 7) is 2.70. The molecule has 30 heavy (non-hydrogen) atoms. The molecular formula is C23H24N4O3. The highest BCUT2D eigenvalue weighted by molar-refractivity contribution is 5.94. The van der Waals surface area contributed by atoms with Crippen molar-refractivity contribution >= 4 is 11.7 Å². The summed E-state index contributed by atoms with van der Waals surface area (Å²) in [5, 5.41) is 8.77. The second-order valence-electron chi connectivity index (χ2n) is 7.02. The third kappa shape index (κ3) is 4.20. The first kappa shape index (κ1) is 19.7. The number of nitrogens with zero attached hydrogens (tertiary/aromatic N) is 4. The number of benzene rings is 2. The molecule has 0 bridgehead atoms. The Morgan fingerprint density at radius 2 is 1.57 bits per heavy atom. The van der Waals surface area contributed by atoms with Crippen molar-refractivity contribution in [3.63, 3.8) is 0 Å². The molecule has 7 nitrogen and oxygen atoms in total. The third-order valence-electron chi connectivity index (χ3n) is 5.24. The van der Waals surface area contributed by atoms with E-state index in [4.69, 9.17) is 9.47 Å². The van der Waals surface area contributed by atoms with Crippen molar-refractivity contribution < 1.29 is 14.3 Å². The molecule has 2 heterocycles. The predicted molar refractivity (Wildman–Crippen MR) is 115 cm³/mol. The van der Waals surface area contributed by atoms with Crippen LogP contribution < -0.4 is 14.4 Å². The SMILES string of the molecule is COc1ccc(-c2ccc(N3CCN(C(=O)c4cccc(OC)c4)CC3)nn2)cc1. The van der Waals surface area contributed by atoms with Crippen LogP contribution in [0, 0.1) is 0 Å². The normalized spacial score (nSPS) is 13.8. The van der Waals surface area contributed by atoms with E-state index in [1.54, 1.807) is 20.3 Å². The zero-order chi connectivity index (χ0) is 20.9. The second kappa shape index (κ2) is 8.82. The van der Waals surface area contributed by atoms with Gasteiger partial charge in [0.05, 0.1) is 19.9 Å². The molecule has 0 atom stereocenters. The first-order valence-electron chi connectivity index (χ1n) is 9.84. The first-order chi connectivity index (χ1) is 14.7. The Kier molecular flexibility index (Phi) is 5.79. The van der Waals surface area contributed by atoms with E-state index in [2.05, 4.69) is 15.1 Å². The van der Waals surface area contributed by atoms with Crippen molar-refractivity contribution in [2.75, 3.05) is 45.3 Å². The van der Waals surface area contributed by atoms with Gasteiger partial charge in [0.15, 0.2) is 5.82 Å². The Morgan fingerprint density at radius 3 is 2.20 bits per heavy atom. The van der Waals surface area contributed by atoms with E-state index in [-0.39, 0.29) is 5.91 Å². The summed E-state index contributed by atoms with van der Waals surface area (Å²) in [5.41, 5.74) is 2.45. The summed E-state index contributed by atoms with van der Waals surface area (Å²) < 4.78 is 10.4. The van der Waals surface area contributed by atoms with Gasteiger partial charge in [-0.2, -0.15) is 0 Å². The number of amides is 1. The molecule has 1 saturated heterocycles. The van der Waals surface area contributed by atoms with E-state index < -0.39 is 0 Å². The molecule has 0 unspecified atom stereocenters. The van der Waals surface area contributed by atoms with Crippen molar-refractivity contribution in [2.45, 2.75) is 0 Å². The average Bonchev–Trinajstić information content (AvgIpc) is 2.84. The maximum atomic E-state index is 12.8. The number of hydrogen-bond acceptors (Lipinski definition) is 6. The van der Waals surface area contributed by atoms with Crippen LogP contribution in [-0.2, 0) is 0 Å². The first-order valence-corrected chi connectivity index (χ1v) is 9.84. The molecule has 3 aromatic rings. The summed E-state index contributed by atoms with van der Waals surface area (Å²) >= 11 is 0. The molecule has 1 aliphatic rings. The second-order valence-corrected chi connectivity index (χ2v) is 7.02. The van der Waals surface area contributed by atoms with Gasteiger partial charge in [0.2, 0.25) is 0 Å². The van der Waals surface area contributed by atoms with Crippen LogP contribution in [0.1, 0.15) is 10.4 Å². The fourth-order valence-electron chi connectivity index (χ4n) is 3.49. The fourth-order valence-corrected chi connectivity index (χ4v) is 3.49. The minimum atomic E-state index is 0.0227. The largest absolute Gasteiger partial charge is 0.497 e. The number of methoxy groups -OCH3 is 2. The Labute approximate surface area is 175 Å². The van der Waals surface area contributed by atoms with Crippen molar-refractivity contribution in [3.8, 4) is 22.8 Å². The summed E-state index contributed by atoms with van der Waals surface area (Å²) in [6.07, 6.45) is 0. The van der Waals surface area contributed by atoms with E-state index in [0.29, 0.717) is 37.5 Å². The number of aromatic nitrogens is 2. The lowest BCUT2D eigenvalue weighted by Gasteiger charge is -2.35. The van der Waals surface area contributed by atoms with Gasteiger partial charge < -0.3 is 19.3 Å². The highest BCUT2D eigenvalue weighted by atomic mass is 16.5. The number of anilines is 1. The molecule has 4 rings (SSSR count). The molecule has 1 aliphatic heterocycles. The summed E-state index contributed by atoms with van der Waals surface area (Å²) in [6, 6.07) is 19.0. The van der Waals surface area contributed by atoms with E-state index in [0.717, 1.165) is 22.8 Å². The minimum absolute atomic E-state index is 0.0227. The van der Waals surface area contributed by atoms with Crippen molar-refractivity contribution in [1.82, 2.24) is 15.1 Å². The van der Waals surface area contributed by atoms with Crippen LogP contribution in [0.2, 0.25) is 0 Å². The zero-order valence-corrected chi connectivity index (χ0v) is 17.1. The van der Waals surface area contributed by atoms with Crippen LogP contribution in [0.4, 0.5) is 5.82 Å². The Bertz CT molecular complexity index is 998. The van der Waals surface area contributed by atoms with Gasteiger partial charge in [-0.15, -0.1) is 10.2 Å². The summed E-state index contributed by atoms with van der Waals surface area (Å²) in [7, 11) is 3.25. The van der Waals surface area contributed by atoms with Crippen molar-refractivity contribution in [3.05, 3.63) is 66.2 Å². The van der Waals surface area contributed by atoms with Crippen LogP contribution >= 0.6 is 0 Å². The average molecular weight is 404 g/mol. The minimum Gasteiger partial charge on any atom is -0.497 e. The lowest BCUT2D eigenvalue weighted by atomic mass is 10.1. The number of hydrogen-bond donors (Lipinski definition) is 0. The van der Waals surface area contributed by atoms with Crippen molar-refractivity contribution in [2.24, 2.45) is 0 Å². The Morgan fingerprint density at radius 1 is 0.833 bits per heavy atom. The van der Waals surface area contributed by atoms with E-state index in [1.165, 1.54) is 0 Å². The molecule has 0 N–H and O–H groups in total. The summed E-state index contributed by atoms with van der Waals surface area (Å²) in [5.74, 6) is 2.34. The van der Waals surface area contributed by atoms with Gasteiger partial charge in [-0.25, -0.2) is 0 Å². The molecule has 1 aromatic heterocycles. The Hall–Kier alpha value is -3.61. The standard InChI is InChI=1S/C23H24N4O3/c1-29-19-8-6-17(7-9-19)21-10-11-22(25-24-21)26-12-14-27(15-13-26)23(28)18-4-3-5-20(16-18)30-2/h3-11,16H,12-15H2,1-2H3.